The maximum Gasteiger partial charge on any atom is 0.0439 e. The average molecular weight is 259 g/mol. The fourth-order valence-electron chi connectivity index (χ4n) is 3.58. The molecule has 0 aliphatic heterocycles. The van der Waals surface area contributed by atoms with Crippen molar-refractivity contribution in [2.45, 2.75) is 26.2 Å². The largest absolute Gasteiger partial charge is 0.304 e. The van der Waals surface area contributed by atoms with Crippen LogP contribution in [0.3, 0.4) is 0 Å². The number of nitrogens with one attached hydrogen (secondary N) is 1. The maximum absolute atomic E-state index is 8.51. The summed E-state index contributed by atoms with van der Waals surface area (Å²) in [6, 6.07) is 10.8. The number of benzene rings is 2. The lowest BCUT2D eigenvalue weighted by Crippen LogP contribution is -2.14. The third-order valence-electron chi connectivity index (χ3n) is 4.51. The maximum atomic E-state index is 8.51. The van der Waals surface area contributed by atoms with Crippen molar-refractivity contribution < 1.29 is 0 Å². The molecule has 2 aliphatic carbocycles. The van der Waals surface area contributed by atoms with Crippen molar-refractivity contribution in [1.29, 1.82) is 5.41 Å². The van der Waals surface area contributed by atoms with Gasteiger partial charge in [0.1, 0.15) is 0 Å². The Labute approximate surface area is 119 Å². The molecule has 0 aromatic heterocycles. The van der Waals surface area contributed by atoms with E-state index in [2.05, 4.69) is 49.4 Å². The second-order valence-corrected chi connectivity index (χ2v) is 5.77. The first kappa shape index (κ1) is 11.7. The molecule has 2 aromatic rings. The van der Waals surface area contributed by atoms with E-state index in [0.717, 1.165) is 30.5 Å². The van der Waals surface area contributed by atoms with Crippen LogP contribution in [-0.2, 0) is 0 Å². The molecule has 98 valence electrons. The molecule has 0 unspecified atom stereocenters. The summed E-state index contributed by atoms with van der Waals surface area (Å²) in [6.07, 6.45) is 7.57. The van der Waals surface area contributed by atoms with E-state index in [4.69, 9.17) is 5.41 Å². The number of aryl methyl sites for hydroxylation is 1. The van der Waals surface area contributed by atoms with Crippen LogP contribution in [0, 0.1) is 12.3 Å². The Kier molecular flexibility index (Phi) is 2.43. The van der Waals surface area contributed by atoms with Gasteiger partial charge in [0.25, 0.3) is 0 Å². The van der Waals surface area contributed by atoms with Crippen LogP contribution in [0.4, 0.5) is 0 Å². The molecule has 4 rings (SSSR count). The molecule has 0 fully saturated rings. The summed E-state index contributed by atoms with van der Waals surface area (Å²) in [7, 11) is 0. The highest BCUT2D eigenvalue weighted by atomic mass is 14.5. The number of hydrogen-bond acceptors (Lipinski definition) is 1. The molecule has 0 radical (unpaired) electrons. The molecule has 20 heavy (non-hydrogen) atoms. The lowest BCUT2D eigenvalue weighted by molar-refractivity contribution is 0.935. The van der Waals surface area contributed by atoms with Crippen molar-refractivity contribution >= 4 is 22.1 Å². The molecule has 2 aromatic carbocycles. The number of hydrogen-bond donors (Lipinski definition) is 1. The summed E-state index contributed by atoms with van der Waals surface area (Å²) in [6.45, 7) is 2.15. The van der Waals surface area contributed by atoms with Crippen molar-refractivity contribution in [3.63, 3.8) is 0 Å². The quantitative estimate of drug-likeness (QED) is 0.686. The van der Waals surface area contributed by atoms with Crippen LogP contribution < -0.4 is 0 Å². The molecule has 1 N–H and O–H groups in total. The molecule has 2 aliphatic rings. The Morgan fingerprint density at radius 2 is 2.00 bits per heavy atom. The lowest BCUT2D eigenvalue weighted by atomic mass is 9.78. The number of fused-ring (bicyclic) bond motifs is 4. The van der Waals surface area contributed by atoms with Gasteiger partial charge in [-0.25, -0.2) is 0 Å². The van der Waals surface area contributed by atoms with Crippen molar-refractivity contribution in [1.82, 2.24) is 0 Å². The van der Waals surface area contributed by atoms with Gasteiger partial charge in [-0.1, -0.05) is 48.1 Å². The summed E-state index contributed by atoms with van der Waals surface area (Å²) < 4.78 is 0. The van der Waals surface area contributed by atoms with Gasteiger partial charge in [-0.05, 0) is 47.2 Å². The summed E-state index contributed by atoms with van der Waals surface area (Å²) in [5.74, 6) is 0. The van der Waals surface area contributed by atoms with Crippen LogP contribution in [0.5, 0.6) is 0 Å². The van der Waals surface area contributed by atoms with Crippen LogP contribution in [0.1, 0.15) is 36.0 Å². The number of rotatable bonds is 0. The van der Waals surface area contributed by atoms with Crippen LogP contribution in [0.15, 0.2) is 48.1 Å². The zero-order valence-corrected chi connectivity index (χ0v) is 11.7. The molecule has 0 spiro atoms. The molecule has 1 heteroatoms. The van der Waals surface area contributed by atoms with Crippen LogP contribution >= 0.6 is 0 Å². The first-order valence-electron chi connectivity index (χ1n) is 7.25. The van der Waals surface area contributed by atoms with Gasteiger partial charge in [0.05, 0.1) is 0 Å². The molecule has 0 bridgehead atoms. The predicted octanol–water partition coefficient (Wildman–Crippen LogP) is 5.02. The van der Waals surface area contributed by atoms with E-state index in [-0.39, 0.29) is 0 Å². The van der Waals surface area contributed by atoms with Crippen LogP contribution in [0.2, 0.25) is 0 Å². The minimum Gasteiger partial charge on any atom is -0.304 e. The van der Waals surface area contributed by atoms with E-state index in [9.17, 15) is 0 Å². The molecule has 0 amide bonds. The van der Waals surface area contributed by atoms with Crippen molar-refractivity contribution in [3.8, 4) is 0 Å². The van der Waals surface area contributed by atoms with Gasteiger partial charge >= 0.3 is 0 Å². The second kappa shape index (κ2) is 4.17. The third kappa shape index (κ3) is 1.53. The molecule has 0 saturated heterocycles. The van der Waals surface area contributed by atoms with E-state index >= 15 is 0 Å². The van der Waals surface area contributed by atoms with Gasteiger partial charge in [0.2, 0.25) is 0 Å². The van der Waals surface area contributed by atoms with Crippen LogP contribution in [0.25, 0.3) is 16.3 Å². The molecule has 0 saturated carbocycles. The van der Waals surface area contributed by atoms with Crippen molar-refractivity contribution in [2.75, 3.05) is 0 Å². The highest BCUT2D eigenvalue weighted by Crippen LogP contribution is 2.40. The van der Waals surface area contributed by atoms with E-state index in [0.29, 0.717) is 0 Å². The molecule has 0 atom stereocenters. The summed E-state index contributed by atoms with van der Waals surface area (Å²) >= 11 is 0. The fourth-order valence-corrected chi connectivity index (χ4v) is 3.58. The highest BCUT2D eigenvalue weighted by molar-refractivity contribution is 6.17. The summed E-state index contributed by atoms with van der Waals surface area (Å²) in [5.41, 5.74) is 7.28. The van der Waals surface area contributed by atoms with Gasteiger partial charge in [-0.15, -0.1) is 0 Å². The zero-order chi connectivity index (χ0) is 13.7. The Balaban J connectivity index is 2.12. The predicted molar refractivity (Wildman–Crippen MR) is 85.4 cm³/mol. The second-order valence-electron chi connectivity index (χ2n) is 5.77. The molecule has 0 heterocycles. The third-order valence-corrected chi connectivity index (χ3v) is 4.51. The van der Waals surface area contributed by atoms with Crippen molar-refractivity contribution in [2.24, 2.45) is 0 Å². The van der Waals surface area contributed by atoms with E-state index in [1.165, 1.54) is 33.0 Å². The average Bonchev–Trinajstić information content (AvgIpc) is 2.47. The topological polar surface area (TPSA) is 23.9 Å². The molecule has 1 nitrogen and oxygen atoms in total. The standard InChI is InChI=1S/C19H17N/c1-12-5-4-7-13-9-10-16-15-8-3-2-6-14(15)11-17(20)19(16)18(12)13/h3-5,7-10,20H,2,6,11H2,1H3. The minimum atomic E-state index is 0.786. The van der Waals surface area contributed by atoms with E-state index < -0.39 is 0 Å². The first-order valence-corrected chi connectivity index (χ1v) is 7.25. The van der Waals surface area contributed by atoms with Gasteiger partial charge in [0, 0.05) is 17.7 Å². The van der Waals surface area contributed by atoms with Gasteiger partial charge in [-0.3, -0.25) is 0 Å². The molecular weight excluding hydrogens is 242 g/mol. The Bertz CT molecular complexity index is 806. The fraction of sp³-hybridized carbons (Fsp3) is 0.211. The smallest absolute Gasteiger partial charge is 0.0439 e. The Morgan fingerprint density at radius 3 is 2.90 bits per heavy atom. The summed E-state index contributed by atoms with van der Waals surface area (Å²) in [5, 5.41) is 11.0. The number of allylic oxidation sites excluding steroid dienone is 4. The van der Waals surface area contributed by atoms with E-state index in [1.54, 1.807) is 0 Å². The molecular formula is C19H17N. The highest BCUT2D eigenvalue weighted by Gasteiger charge is 2.24. The first-order chi connectivity index (χ1) is 9.75. The van der Waals surface area contributed by atoms with Gasteiger partial charge in [0.15, 0.2) is 0 Å². The monoisotopic (exact) mass is 259 g/mol. The van der Waals surface area contributed by atoms with Gasteiger partial charge < -0.3 is 5.41 Å². The minimum absolute atomic E-state index is 0.786. The SMILES string of the molecule is Cc1cccc2ccc3c(c12)C(=N)CC1=C3C=CCC1. The Morgan fingerprint density at radius 1 is 1.10 bits per heavy atom. The van der Waals surface area contributed by atoms with Crippen molar-refractivity contribution in [3.05, 3.63) is 64.7 Å². The van der Waals surface area contributed by atoms with E-state index in [1.807, 2.05) is 0 Å². The zero-order valence-electron chi connectivity index (χ0n) is 11.7. The normalized spacial score (nSPS) is 17.4. The summed E-state index contributed by atoms with van der Waals surface area (Å²) in [4.78, 5) is 0. The lowest BCUT2D eigenvalue weighted by Gasteiger charge is -2.26. The van der Waals surface area contributed by atoms with Crippen LogP contribution in [-0.4, -0.2) is 5.71 Å². The van der Waals surface area contributed by atoms with Gasteiger partial charge in [-0.2, -0.15) is 0 Å². The Hall–Kier alpha value is -2.15.